The molecule has 2 N–H and O–H groups in total. The molecular formula is C14H19N5O. The summed E-state index contributed by atoms with van der Waals surface area (Å²) in [4.78, 5) is 4.34. The van der Waals surface area contributed by atoms with Gasteiger partial charge in [0, 0.05) is 25.2 Å². The Morgan fingerprint density at radius 2 is 2.25 bits per heavy atom. The van der Waals surface area contributed by atoms with Crippen LogP contribution < -0.4 is 5.32 Å². The highest BCUT2D eigenvalue weighted by molar-refractivity contribution is 5.27. The topological polar surface area (TPSA) is 75.9 Å². The Bertz CT molecular complexity index is 622. The smallest absolute Gasteiger partial charge is 0.149 e. The fourth-order valence-electron chi connectivity index (χ4n) is 2.57. The van der Waals surface area contributed by atoms with Gasteiger partial charge in [0.05, 0.1) is 11.7 Å². The van der Waals surface area contributed by atoms with E-state index in [1.165, 1.54) is 0 Å². The van der Waals surface area contributed by atoms with Gasteiger partial charge in [0.25, 0.3) is 0 Å². The van der Waals surface area contributed by atoms with Crippen molar-refractivity contribution in [2.45, 2.75) is 45.8 Å². The Morgan fingerprint density at radius 1 is 1.40 bits per heavy atom. The fourth-order valence-corrected chi connectivity index (χ4v) is 2.57. The van der Waals surface area contributed by atoms with E-state index in [1.807, 2.05) is 6.92 Å². The highest BCUT2D eigenvalue weighted by Crippen LogP contribution is 2.20. The Balaban J connectivity index is 1.70. The molecule has 0 saturated heterocycles. The van der Waals surface area contributed by atoms with E-state index in [2.05, 4.69) is 32.0 Å². The highest BCUT2D eigenvalue weighted by Gasteiger charge is 2.21. The van der Waals surface area contributed by atoms with E-state index in [0.29, 0.717) is 12.2 Å². The van der Waals surface area contributed by atoms with Crippen molar-refractivity contribution in [3.8, 4) is 5.75 Å². The molecule has 0 spiro atoms. The van der Waals surface area contributed by atoms with Crippen LogP contribution in [0.4, 0.5) is 0 Å². The quantitative estimate of drug-likeness (QED) is 0.882. The molecule has 0 aliphatic carbocycles. The lowest BCUT2D eigenvalue weighted by atomic mass is 10.2. The molecule has 0 radical (unpaired) electrons. The lowest BCUT2D eigenvalue weighted by Crippen LogP contribution is -2.22. The van der Waals surface area contributed by atoms with Crippen LogP contribution in [-0.2, 0) is 19.5 Å². The zero-order valence-corrected chi connectivity index (χ0v) is 11.8. The summed E-state index contributed by atoms with van der Waals surface area (Å²) in [6.07, 6.45) is 2.16. The third kappa shape index (κ3) is 2.38. The van der Waals surface area contributed by atoms with Crippen LogP contribution in [0.25, 0.3) is 0 Å². The van der Waals surface area contributed by atoms with Crippen molar-refractivity contribution in [3.05, 3.63) is 35.2 Å². The molecule has 1 unspecified atom stereocenters. The summed E-state index contributed by atoms with van der Waals surface area (Å²) in [5, 5.41) is 21.6. The standard InChI is InChI=1S/C14H19N5O/c1-9-5-6-12(20)11(16-9)8-15-10(2)14-18-17-13-4-3-7-19(13)14/h5-6,10,15,20H,3-4,7-8H2,1-2H3. The van der Waals surface area contributed by atoms with Gasteiger partial charge in [-0.2, -0.15) is 0 Å². The minimum atomic E-state index is 0.0797. The molecule has 6 heteroatoms. The molecule has 3 rings (SSSR count). The Labute approximate surface area is 117 Å². The number of aromatic nitrogens is 4. The minimum Gasteiger partial charge on any atom is -0.506 e. The second kappa shape index (κ2) is 5.20. The van der Waals surface area contributed by atoms with Gasteiger partial charge in [-0.25, -0.2) is 0 Å². The SMILES string of the molecule is Cc1ccc(O)c(CNC(C)c2nnc3n2CCC3)n1. The van der Waals surface area contributed by atoms with Crippen LogP contribution in [0, 0.1) is 6.92 Å². The lowest BCUT2D eigenvalue weighted by Gasteiger charge is -2.14. The number of hydrogen-bond donors (Lipinski definition) is 2. The third-order valence-electron chi connectivity index (χ3n) is 3.69. The van der Waals surface area contributed by atoms with Crippen molar-refractivity contribution < 1.29 is 5.11 Å². The van der Waals surface area contributed by atoms with Crippen LogP contribution in [0.3, 0.4) is 0 Å². The van der Waals surface area contributed by atoms with Crippen molar-refractivity contribution in [2.24, 2.45) is 0 Å². The summed E-state index contributed by atoms with van der Waals surface area (Å²) in [6.45, 7) is 5.48. The summed E-state index contributed by atoms with van der Waals surface area (Å²) in [5.41, 5.74) is 1.56. The molecule has 106 valence electrons. The summed E-state index contributed by atoms with van der Waals surface area (Å²) in [7, 11) is 0. The highest BCUT2D eigenvalue weighted by atomic mass is 16.3. The molecule has 2 aromatic rings. The first-order valence-electron chi connectivity index (χ1n) is 6.96. The van der Waals surface area contributed by atoms with Crippen molar-refractivity contribution in [1.29, 1.82) is 0 Å². The molecule has 20 heavy (non-hydrogen) atoms. The number of nitrogens with one attached hydrogen (secondary N) is 1. The number of aromatic hydroxyl groups is 1. The molecule has 3 heterocycles. The number of nitrogens with zero attached hydrogens (tertiary/aromatic N) is 4. The molecular weight excluding hydrogens is 254 g/mol. The van der Waals surface area contributed by atoms with Crippen molar-refractivity contribution in [1.82, 2.24) is 25.1 Å². The van der Waals surface area contributed by atoms with Gasteiger partial charge >= 0.3 is 0 Å². The zero-order valence-electron chi connectivity index (χ0n) is 11.8. The average Bonchev–Trinajstić information content (AvgIpc) is 3.02. The monoisotopic (exact) mass is 273 g/mol. The largest absolute Gasteiger partial charge is 0.506 e. The van der Waals surface area contributed by atoms with Gasteiger partial charge in [-0.15, -0.1) is 10.2 Å². The lowest BCUT2D eigenvalue weighted by molar-refractivity contribution is 0.449. The van der Waals surface area contributed by atoms with Crippen LogP contribution in [0.15, 0.2) is 12.1 Å². The predicted molar refractivity (Wildman–Crippen MR) is 74.2 cm³/mol. The first-order valence-corrected chi connectivity index (χ1v) is 6.96. The summed E-state index contributed by atoms with van der Waals surface area (Å²) < 4.78 is 2.18. The van der Waals surface area contributed by atoms with E-state index < -0.39 is 0 Å². The fraction of sp³-hybridized carbons (Fsp3) is 0.500. The normalized spacial score (nSPS) is 15.3. The van der Waals surface area contributed by atoms with Gasteiger partial charge in [-0.1, -0.05) is 0 Å². The Kier molecular flexibility index (Phi) is 3.40. The van der Waals surface area contributed by atoms with Gasteiger partial charge in [-0.05, 0) is 32.4 Å². The van der Waals surface area contributed by atoms with Gasteiger partial charge < -0.3 is 15.0 Å². The Morgan fingerprint density at radius 3 is 3.10 bits per heavy atom. The molecule has 0 aromatic carbocycles. The molecule has 0 amide bonds. The number of hydrogen-bond acceptors (Lipinski definition) is 5. The second-order valence-corrected chi connectivity index (χ2v) is 5.25. The predicted octanol–water partition coefficient (Wildman–Crippen LogP) is 1.48. The van der Waals surface area contributed by atoms with E-state index in [1.54, 1.807) is 12.1 Å². The van der Waals surface area contributed by atoms with Crippen molar-refractivity contribution >= 4 is 0 Å². The summed E-state index contributed by atoms with van der Waals surface area (Å²) >= 11 is 0. The number of rotatable bonds is 4. The molecule has 0 fully saturated rings. The molecule has 1 atom stereocenters. The summed E-state index contributed by atoms with van der Waals surface area (Å²) in [6, 6.07) is 3.56. The average molecular weight is 273 g/mol. The minimum absolute atomic E-state index is 0.0797. The van der Waals surface area contributed by atoms with Gasteiger partial charge in [0.15, 0.2) is 0 Å². The molecule has 1 aliphatic heterocycles. The molecule has 1 aliphatic rings. The molecule has 6 nitrogen and oxygen atoms in total. The van der Waals surface area contributed by atoms with E-state index in [9.17, 15) is 5.11 Å². The maximum atomic E-state index is 9.80. The zero-order chi connectivity index (χ0) is 14.1. The van der Waals surface area contributed by atoms with Crippen LogP contribution in [-0.4, -0.2) is 24.9 Å². The maximum absolute atomic E-state index is 9.80. The van der Waals surface area contributed by atoms with Gasteiger partial charge in [0.2, 0.25) is 0 Å². The molecule has 0 bridgehead atoms. The number of pyridine rings is 1. The number of fused-ring (bicyclic) bond motifs is 1. The van der Waals surface area contributed by atoms with Crippen LogP contribution >= 0.6 is 0 Å². The van der Waals surface area contributed by atoms with E-state index in [-0.39, 0.29) is 11.8 Å². The summed E-state index contributed by atoms with van der Waals surface area (Å²) in [5.74, 6) is 2.26. The second-order valence-electron chi connectivity index (χ2n) is 5.25. The van der Waals surface area contributed by atoms with E-state index in [4.69, 9.17) is 0 Å². The maximum Gasteiger partial charge on any atom is 0.149 e. The first-order chi connectivity index (χ1) is 9.65. The van der Waals surface area contributed by atoms with Crippen LogP contribution in [0.5, 0.6) is 5.75 Å². The van der Waals surface area contributed by atoms with Crippen LogP contribution in [0.2, 0.25) is 0 Å². The van der Waals surface area contributed by atoms with Crippen molar-refractivity contribution in [2.75, 3.05) is 0 Å². The Hall–Kier alpha value is -1.95. The first kappa shape index (κ1) is 13.1. The van der Waals surface area contributed by atoms with Gasteiger partial charge in [0.1, 0.15) is 17.4 Å². The van der Waals surface area contributed by atoms with E-state index in [0.717, 1.165) is 36.7 Å². The molecule has 0 saturated carbocycles. The number of aryl methyl sites for hydroxylation is 2. The van der Waals surface area contributed by atoms with Crippen molar-refractivity contribution in [3.63, 3.8) is 0 Å². The van der Waals surface area contributed by atoms with Crippen LogP contribution in [0.1, 0.15) is 42.4 Å². The van der Waals surface area contributed by atoms with E-state index >= 15 is 0 Å². The van der Waals surface area contributed by atoms with Gasteiger partial charge in [-0.3, -0.25) is 4.98 Å². The molecule has 2 aromatic heterocycles. The third-order valence-corrected chi connectivity index (χ3v) is 3.69.